The largest absolute Gasteiger partial charge is 0.351 e. The zero-order chi connectivity index (χ0) is 18.2. The molecule has 1 aliphatic rings. The van der Waals surface area contributed by atoms with Gasteiger partial charge in [0.15, 0.2) is 0 Å². The Hall–Kier alpha value is -2.32. The van der Waals surface area contributed by atoms with Crippen LogP contribution in [0.1, 0.15) is 45.8 Å². The van der Waals surface area contributed by atoms with E-state index in [0.29, 0.717) is 17.1 Å². The third-order valence-electron chi connectivity index (χ3n) is 4.30. The van der Waals surface area contributed by atoms with Gasteiger partial charge in [0.1, 0.15) is 10.6 Å². The Kier molecular flexibility index (Phi) is 6.68. The van der Waals surface area contributed by atoms with Crippen molar-refractivity contribution in [3.8, 4) is 0 Å². The maximum Gasteiger partial charge on any atom is 0.275 e. The number of nitrogens with zero attached hydrogens (tertiary/aromatic N) is 3. The number of aromatic nitrogens is 2. The number of nitrogens with one attached hydrogen (secondary N) is 2. The van der Waals surface area contributed by atoms with E-state index < -0.39 is 0 Å². The van der Waals surface area contributed by atoms with Crippen LogP contribution in [0, 0.1) is 0 Å². The van der Waals surface area contributed by atoms with Gasteiger partial charge in [-0.05, 0) is 50.3 Å². The Morgan fingerprint density at radius 3 is 2.77 bits per heavy atom. The topological polar surface area (TPSA) is 87.2 Å². The summed E-state index contributed by atoms with van der Waals surface area (Å²) in [5.41, 5.74) is 0.714. The molecule has 2 aromatic rings. The number of carbonyl (C=O) groups is 2. The molecule has 3 heterocycles. The minimum atomic E-state index is -0.379. The van der Waals surface area contributed by atoms with Crippen molar-refractivity contribution in [1.82, 2.24) is 20.2 Å². The molecule has 0 bridgehead atoms. The molecule has 1 fully saturated rings. The first-order chi connectivity index (χ1) is 12.7. The predicted octanol–water partition coefficient (Wildman–Crippen LogP) is 2.40. The van der Waals surface area contributed by atoms with E-state index in [2.05, 4.69) is 25.5 Å². The smallest absolute Gasteiger partial charge is 0.275 e. The first kappa shape index (κ1) is 18.5. The quantitative estimate of drug-likeness (QED) is 0.728. The average molecular weight is 373 g/mol. The van der Waals surface area contributed by atoms with E-state index in [1.165, 1.54) is 49.2 Å². The number of carbonyl (C=O) groups excluding carboxylic acids is 2. The van der Waals surface area contributed by atoms with Gasteiger partial charge in [-0.2, -0.15) is 0 Å². The highest BCUT2D eigenvalue weighted by Crippen LogP contribution is 2.22. The molecule has 26 heavy (non-hydrogen) atoms. The van der Waals surface area contributed by atoms with Crippen molar-refractivity contribution in [2.24, 2.45) is 0 Å². The van der Waals surface area contributed by atoms with Crippen molar-refractivity contribution < 1.29 is 9.59 Å². The van der Waals surface area contributed by atoms with Gasteiger partial charge in [-0.1, -0.05) is 6.42 Å². The normalized spacial score (nSPS) is 14.8. The third-order valence-corrected chi connectivity index (χ3v) is 5.21. The van der Waals surface area contributed by atoms with Crippen molar-refractivity contribution in [1.29, 1.82) is 0 Å². The summed E-state index contributed by atoms with van der Waals surface area (Å²) in [4.78, 5) is 35.4. The number of amides is 2. The van der Waals surface area contributed by atoms with Gasteiger partial charge in [-0.15, -0.1) is 11.3 Å². The highest BCUT2D eigenvalue weighted by Gasteiger charge is 2.16. The first-order valence-electron chi connectivity index (χ1n) is 8.89. The molecule has 8 heteroatoms. The fraction of sp³-hybridized carbons (Fsp3) is 0.444. The molecule has 138 valence electrons. The molecule has 0 saturated carbocycles. The molecule has 0 radical (unpaired) electrons. The second-order valence-corrected chi connectivity index (χ2v) is 7.14. The molecule has 0 aliphatic carbocycles. The number of hydrogen-bond acceptors (Lipinski definition) is 6. The van der Waals surface area contributed by atoms with Crippen LogP contribution >= 0.6 is 11.3 Å². The minimum absolute atomic E-state index is 0.159. The molecule has 1 aliphatic heterocycles. The number of anilines is 1. The van der Waals surface area contributed by atoms with Crippen molar-refractivity contribution in [2.45, 2.75) is 25.7 Å². The molecule has 2 N–H and O–H groups in total. The lowest BCUT2D eigenvalue weighted by Crippen LogP contribution is -2.33. The average Bonchev–Trinajstić information content (AvgIpc) is 3.15. The van der Waals surface area contributed by atoms with E-state index in [1.807, 2.05) is 0 Å². The summed E-state index contributed by atoms with van der Waals surface area (Å²) in [6.07, 6.45) is 9.16. The van der Waals surface area contributed by atoms with Gasteiger partial charge in [0.25, 0.3) is 11.8 Å². The predicted molar refractivity (Wildman–Crippen MR) is 102 cm³/mol. The summed E-state index contributed by atoms with van der Waals surface area (Å²) < 4.78 is 0. The van der Waals surface area contributed by atoms with Crippen molar-refractivity contribution in [2.75, 3.05) is 31.5 Å². The van der Waals surface area contributed by atoms with E-state index in [4.69, 9.17) is 0 Å². The molecule has 3 rings (SSSR count). The second-order valence-electron chi connectivity index (χ2n) is 6.22. The number of likely N-dealkylation sites (tertiary alicyclic amines) is 1. The van der Waals surface area contributed by atoms with Gasteiger partial charge < -0.3 is 15.5 Å². The lowest BCUT2D eigenvalue weighted by Gasteiger charge is -2.26. The fourth-order valence-electron chi connectivity index (χ4n) is 2.95. The maximum absolute atomic E-state index is 12.4. The van der Waals surface area contributed by atoms with Gasteiger partial charge in [0.2, 0.25) is 0 Å². The van der Waals surface area contributed by atoms with Crippen LogP contribution in [0.25, 0.3) is 0 Å². The monoisotopic (exact) mass is 373 g/mol. The summed E-state index contributed by atoms with van der Waals surface area (Å²) in [6, 6.07) is 1.72. The molecule has 0 aromatic carbocycles. The Morgan fingerprint density at radius 1 is 1.15 bits per heavy atom. The molecular formula is C18H23N5O2S. The summed E-state index contributed by atoms with van der Waals surface area (Å²) in [6.45, 7) is 3.97. The van der Waals surface area contributed by atoms with Gasteiger partial charge in [-0.25, -0.2) is 4.98 Å². The van der Waals surface area contributed by atoms with E-state index in [1.54, 1.807) is 11.4 Å². The summed E-state index contributed by atoms with van der Waals surface area (Å²) in [5, 5.41) is 7.46. The maximum atomic E-state index is 12.4. The van der Waals surface area contributed by atoms with Crippen LogP contribution in [0.5, 0.6) is 0 Å². The number of thiophene rings is 1. The minimum Gasteiger partial charge on any atom is -0.351 e. The van der Waals surface area contributed by atoms with Gasteiger partial charge >= 0.3 is 0 Å². The molecule has 0 spiro atoms. The van der Waals surface area contributed by atoms with Crippen molar-refractivity contribution in [3.63, 3.8) is 0 Å². The Labute approximate surface area is 156 Å². The standard InChI is InChI=1S/C18H23N5O2S/c24-17(15-13-19-7-8-20-15)22-14-5-12-26-16(14)18(25)21-6-4-11-23-9-2-1-3-10-23/h5,7-8,12-13H,1-4,6,9-11H2,(H,21,25)(H,22,24). The number of hydrogen-bond donors (Lipinski definition) is 2. The van der Waals surface area contributed by atoms with Crippen LogP contribution in [0.2, 0.25) is 0 Å². The van der Waals surface area contributed by atoms with Crippen molar-refractivity contribution >= 4 is 28.8 Å². The lowest BCUT2D eigenvalue weighted by atomic mass is 10.1. The first-order valence-corrected chi connectivity index (χ1v) is 9.77. The highest BCUT2D eigenvalue weighted by atomic mass is 32.1. The Morgan fingerprint density at radius 2 is 2.00 bits per heavy atom. The van der Waals surface area contributed by atoms with Crippen LogP contribution < -0.4 is 10.6 Å². The van der Waals surface area contributed by atoms with Gasteiger partial charge in [-0.3, -0.25) is 14.6 Å². The molecule has 0 unspecified atom stereocenters. The van der Waals surface area contributed by atoms with Crippen LogP contribution in [0.4, 0.5) is 5.69 Å². The summed E-state index contributed by atoms with van der Waals surface area (Å²) in [7, 11) is 0. The summed E-state index contributed by atoms with van der Waals surface area (Å²) >= 11 is 1.31. The summed E-state index contributed by atoms with van der Waals surface area (Å²) in [5.74, 6) is -0.538. The molecule has 1 saturated heterocycles. The SMILES string of the molecule is O=C(Nc1ccsc1C(=O)NCCCN1CCCCC1)c1cnccn1. The number of rotatable bonds is 7. The second kappa shape index (κ2) is 9.40. The highest BCUT2D eigenvalue weighted by molar-refractivity contribution is 7.12. The molecule has 2 amide bonds. The lowest BCUT2D eigenvalue weighted by molar-refractivity contribution is 0.0956. The van der Waals surface area contributed by atoms with E-state index in [-0.39, 0.29) is 17.5 Å². The molecule has 2 aromatic heterocycles. The van der Waals surface area contributed by atoms with Crippen LogP contribution in [0.15, 0.2) is 30.0 Å². The Bertz CT molecular complexity index is 728. The zero-order valence-electron chi connectivity index (χ0n) is 14.6. The van der Waals surface area contributed by atoms with Gasteiger partial charge in [0.05, 0.1) is 11.9 Å². The van der Waals surface area contributed by atoms with E-state index in [9.17, 15) is 9.59 Å². The fourth-order valence-corrected chi connectivity index (χ4v) is 3.72. The molecular weight excluding hydrogens is 350 g/mol. The third kappa shape index (κ3) is 5.09. The molecule has 0 atom stereocenters. The number of piperidine rings is 1. The van der Waals surface area contributed by atoms with E-state index in [0.717, 1.165) is 26.1 Å². The zero-order valence-corrected chi connectivity index (χ0v) is 15.4. The van der Waals surface area contributed by atoms with Crippen molar-refractivity contribution in [3.05, 3.63) is 40.6 Å². The van der Waals surface area contributed by atoms with Gasteiger partial charge in [0, 0.05) is 18.9 Å². The van der Waals surface area contributed by atoms with Crippen LogP contribution in [-0.2, 0) is 0 Å². The Balaban J connectivity index is 1.47. The molecule has 7 nitrogen and oxygen atoms in total. The van der Waals surface area contributed by atoms with E-state index >= 15 is 0 Å². The van der Waals surface area contributed by atoms with Crippen LogP contribution in [0.3, 0.4) is 0 Å². The van der Waals surface area contributed by atoms with Crippen LogP contribution in [-0.4, -0.2) is 52.9 Å².